The van der Waals surface area contributed by atoms with Gasteiger partial charge in [0.2, 0.25) is 0 Å². The highest BCUT2D eigenvalue weighted by Gasteiger charge is 2.15. The van der Waals surface area contributed by atoms with Crippen molar-refractivity contribution in [2.75, 3.05) is 25.6 Å². The number of ether oxygens (including phenoxy) is 2. The smallest absolute Gasteiger partial charge is 0.131 e. The zero-order valence-corrected chi connectivity index (χ0v) is 11.8. The third kappa shape index (κ3) is 5.02. The highest BCUT2D eigenvalue weighted by molar-refractivity contribution is 5.42. The molecule has 1 aromatic heterocycles. The largest absolute Gasteiger partial charge is 0.379 e. The zero-order valence-electron chi connectivity index (χ0n) is 11.8. The summed E-state index contributed by atoms with van der Waals surface area (Å²) in [6.45, 7) is 8.30. The molecule has 0 saturated carbocycles. The quantitative estimate of drug-likeness (QED) is 0.722. The number of nitrogens with one attached hydrogen (secondary N) is 1. The molecule has 0 aliphatic rings. The Kier molecular flexibility index (Phi) is 6.09. The van der Waals surface area contributed by atoms with Crippen LogP contribution in [0.5, 0.6) is 0 Å². The Morgan fingerprint density at radius 2 is 2.17 bits per heavy atom. The van der Waals surface area contributed by atoms with Gasteiger partial charge in [-0.05, 0) is 33.3 Å². The maximum atomic E-state index is 5.68. The summed E-state index contributed by atoms with van der Waals surface area (Å²) in [7, 11) is 1.73. The lowest BCUT2D eigenvalue weighted by molar-refractivity contribution is -0.0124. The fraction of sp³-hybridized carbons (Fsp3) is 0.643. The molecular weight excluding hydrogens is 228 g/mol. The molecule has 0 spiro atoms. The predicted octanol–water partition coefficient (Wildman–Crippen LogP) is 2.85. The molecule has 0 atom stereocenters. The van der Waals surface area contributed by atoms with Crippen molar-refractivity contribution in [1.82, 2.24) is 4.98 Å². The van der Waals surface area contributed by atoms with Crippen LogP contribution in [-0.2, 0) is 16.1 Å². The molecule has 1 aromatic rings. The molecule has 0 aliphatic heterocycles. The number of pyridine rings is 1. The normalized spacial score (nSPS) is 11.6. The maximum Gasteiger partial charge on any atom is 0.131 e. The van der Waals surface area contributed by atoms with E-state index in [2.05, 4.69) is 31.1 Å². The second kappa shape index (κ2) is 7.34. The zero-order chi connectivity index (χ0) is 13.4. The molecule has 0 amide bonds. The Balaban J connectivity index is 2.39. The molecule has 0 aromatic carbocycles. The standard InChI is InChI=1S/C14H24N2O2/c1-5-15-13-12(7-6-9-16-13)11-18-10-8-14(2,3)17-4/h6-7,9H,5,8,10-11H2,1-4H3,(H,15,16). The minimum atomic E-state index is -0.126. The van der Waals surface area contributed by atoms with E-state index in [1.165, 1.54) is 0 Å². The molecule has 18 heavy (non-hydrogen) atoms. The van der Waals surface area contributed by atoms with Crippen molar-refractivity contribution < 1.29 is 9.47 Å². The summed E-state index contributed by atoms with van der Waals surface area (Å²) in [5.41, 5.74) is 0.967. The number of aromatic nitrogens is 1. The number of nitrogens with zero attached hydrogens (tertiary/aromatic N) is 1. The molecule has 1 rings (SSSR count). The molecule has 0 bridgehead atoms. The Hall–Kier alpha value is -1.13. The van der Waals surface area contributed by atoms with Gasteiger partial charge in [0.25, 0.3) is 0 Å². The third-order valence-corrected chi connectivity index (χ3v) is 2.89. The summed E-state index contributed by atoms with van der Waals surface area (Å²) in [6.07, 6.45) is 2.66. The Morgan fingerprint density at radius 3 is 2.83 bits per heavy atom. The van der Waals surface area contributed by atoms with Gasteiger partial charge in [0.15, 0.2) is 0 Å². The highest BCUT2D eigenvalue weighted by Crippen LogP contribution is 2.15. The molecule has 1 N–H and O–H groups in total. The van der Waals surface area contributed by atoms with Crippen LogP contribution in [0, 0.1) is 0 Å². The van der Waals surface area contributed by atoms with Crippen LogP contribution in [0.25, 0.3) is 0 Å². The topological polar surface area (TPSA) is 43.4 Å². The molecule has 0 unspecified atom stereocenters. The monoisotopic (exact) mass is 252 g/mol. The summed E-state index contributed by atoms with van der Waals surface area (Å²) < 4.78 is 11.0. The minimum Gasteiger partial charge on any atom is -0.379 e. The van der Waals surface area contributed by atoms with E-state index in [-0.39, 0.29) is 5.60 Å². The summed E-state index contributed by atoms with van der Waals surface area (Å²) in [5, 5.41) is 3.23. The van der Waals surface area contributed by atoms with E-state index < -0.39 is 0 Å². The van der Waals surface area contributed by atoms with E-state index in [1.807, 2.05) is 12.1 Å². The van der Waals surface area contributed by atoms with Crippen LogP contribution in [0.15, 0.2) is 18.3 Å². The Morgan fingerprint density at radius 1 is 1.39 bits per heavy atom. The lowest BCUT2D eigenvalue weighted by Gasteiger charge is -2.22. The van der Waals surface area contributed by atoms with Crippen molar-refractivity contribution in [3.63, 3.8) is 0 Å². The molecule has 4 nitrogen and oxygen atoms in total. The average molecular weight is 252 g/mol. The molecule has 4 heteroatoms. The molecule has 102 valence electrons. The van der Waals surface area contributed by atoms with Gasteiger partial charge in [0.05, 0.1) is 12.2 Å². The van der Waals surface area contributed by atoms with E-state index in [0.717, 1.165) is 24.3 Å². The molecule has 0 aliphatic carbocycles. The van der Waals surface area contributed by atoms with Gasteiger partial charge in [0.1, 0.15) is 5.82 Å². The molecule has 0 fully saturated rings. The fourth-order valence-electron chi connectivity index (χ4n) is 1.48. The number of methoxy groups -OCH3 is 1. The number of anilines is 1. The maximum absolute atomic E-state index is 5.68. The van der Waals surface area contributed by atoms with Gasteiger partial charge in [-0.25, -0.2) is 4.98 Å². The summed E-state index contributed by atoms with van der Waals surface area (Å²) in [4.78, 5) is 4.30. The number of hydrogen-bond donors (Lipinski definition) is 1. The second-order valence-electron chi connectivity index (χ2n) is 4.81. The van der Waals surface area contributed by atoms with Crippen LogP contribution < -0.4 is 5.32 Å². The minimum absolute atomic E-state index is 0.126. The third-order valence-electron chi connectivity index (χ3n) is 2.89. The van der Waals surface area contributed by atoms with Crippen LogP contribution in [0.1, 0.15) is 32.8 Å². The second-order valence-corrected chi connectivity index (χ2v) is 4.81. The predicted molar refractivity (Wildman–Crippen MR) is 73.8 cm³/mol. The van der Waals surface area contributed by atoms with Crippen molar-refractivity contribution in [2.45, 2.75) is 39.4 Å². The van der Waals surface area contributed by atoms with Crippen LogP contribution in [0.4, 0.5) is 5.82 Å². The van der Waals surface area contributed by atoms with Crippen molar-refractivity contribution >= 4 is 5.82 Å². The molecule has 1 heterocycles. The van der Waals surface area contributed by atoms with Crippen molar-refractivity contribution in [2.24, 2.45) is 0 Å². The van der Waals surface area contributed by atoms with Crippen LogP contribution in [-0.4, -0.2) is 30.8 Å². The molecule has 0 saturated heterocycles. The Bertz CT molecular complexity index is 353. The average Bonchev–Trinajstić information content (AvgIpc) is 2.37. The van der Waals surface area contributed by atoms with Gasteiger partial charge in [-0.2, -0.15) is 0 Å². The number of rotatable bonds is 8. The van der Waals surface area contributed by atoms with Gasteiger partial charge < -0.3 is 14.8 Å². The van der Waals surface area contributed by atoms with Gasteiger partial charge in [0, 0.05) is 32.0 Å². The van der Waals surface area contributed by atoms with E-state index in [1.54, 1.807) is 13.3 Å². The van der Waals surface area contributed by atoms with Crippen LogP contribution in [0.2, 0.25) is 0 Å². The molecule has 0 radical (unpaired) electrons. The van der Waals surface area contributed by atoms with Crippen molar-refractivity contribution in [3.05, 3.63) is 23.9 Å². The van der Waals surface area contributed by atoms with Gasteiger partial charge in [-0.3, -0.25) is 0 Å². The first-order chi connectivity index (χ1) is 8.59. The van der Waals surface area contributed by atoms with Gasteiger partial charge in [-0.1, -0.05) is 6.07 Å². The SMILES string of the molecule is CCNc1ncccc1COCCC(C)(C)OC. The van der Waals surface area contributed by atoms with Crippen molar-refractivity contribution in [1.29, 1.82) is 0 Å². The summed E-state index contributed by atoms with van der Waals surface area (Å²) >= 11 is 0. The van der Waals surface area contributed by atoms with E-state index in [0.29, 0.717) is 13.2 Å². The lowest BCUT2D eigenvalue weighted by Crippen LogP contribution is -2.24. The van der Waals surface area contributed by atoms with Crippen LogP contribution in [0.3, 0.4) is 0 Å². The first-order valence-electron chi connectivity index (χ1n) is 6.39. The molecular formula is C14H24N2O2. The summed E-state index contributed by atoms with van der Waals surface area (Å²) in [5.74, 6) is 0.908. The van der Waals surface area contributed by atoms with Gasteiger partial charge in [-0.15, -0.1) is 0 Å². The first kappa shape index (κ1) is 14.9. The van der Waals surface area contributed by atoms with E-state index >= 15 is 0 Å². The van der Waals surface area contributed by atoms with E-state index in [4.69, 9.17) is 9.47 Å². The fourth-order valence-corrected chi connectivity index (χ4v) is 1.48. The lowest BCUT2D eigenvalue weighted by atomic mass is 10.1. The van der Waals surface area contributed by atoms with E-state index in [9.17, 15) is 0 Å². The van der Waals surface area contributed by atoms with Crippen molar-refractivity contribution in [3.8, 4) is 0 Å². The highest BCUT2D eigenvalue weighted by atomic mass is 16.5. The van der Waals surface area contributed by atoms with Gasteiger partial charge >= 0.3 is 0 Å². The van der Waals surface area contributed by atoms with Crippen LogP contribution >= 0.6 is 0 Å². The summed E-state index contributed by atoms with van der Waals surface area (Å²) in [6, 6.07) is 3.96. The first-order valence-corrected chi connectivity index (χ1v) is 6.39. The number of hydrogen-bond acceptors (Lipinski definition) is 4. The Labute approximate surface area is 110 Å².